The monoisotopic (exact) mass is 964 g/mol. The summed E-state index contributed by atoms with van der Waals surface area (Å²) in [5.74, 6) is -23.5. The maximum Gasteiger partial charge on any atom is 0.342 e. The summed E-state index contributed by atoms with van der Waals surface area (Å²) in [4.78, 5) is 54.5. The van der Waals surface area contributed by atoms with E-state index in [1.807, 2.05) is 0 Å². The predicted molar refractivity (Wildman–Crippen MR) is 208 cm³/mol. The quantitative estimate of drug-likeness (QED) is 0.0534. The molecule has 28 nitrogen and oxygen atoms in total. The van der Waals surface area contributed by atoms with E-state index in [0.29, 0.717) is 30.3 Å². The number of ether oxygens (including phenoxy) is 7. The van der Waals surface area contributed by atoms with E-state index < -0.39 is 207 Å². The first-order chi connectivity index (χ1) is 31.9. The van der Waals surface area contributed by atoms with Crippen molar-refractivity contribution in [1.82, 2.24) is 0 Å². The van der Waals surface area contributed by atoms with Crippen molar-refractivity contribution < 1.29 is 139 Å². The van der Waals surface area contributed by atoms with Gasteiger partial charge in [-0.3, -0.25) is 0 Å². The van der Waals surface area contributed by atoms with Crippen LogP contribution in [0.2, 0.25) is 0 Å². The molecular weight excluding hydrogens is 928 g/mol. The number of carbonyl (C=O) groups is 4. The molecule has 2 fully saturated rings. The van der Waals surface area contributed by atoms with Crippen LogP contribution in [0.3, 0.4) is 0 Å². The first kappa shape index (κ1) is 48.0. The number of carbonyl (C=O) groups excluding carboxylic acids is 4. The number of fused-ring (bicyclic) bond motifs is 5. The van der Waals surface area contributed by atoms with Gasteiger partial charge in [0, 0.05) is 23.3 Å². The number of benzene rings is 4. The molecule has 0 amide bonds. The highest BCUT2D eigenvalue weighted by Gasteiger charge is 2.50. The Kier molecular flexibility index (Phi) is 12.7. The lowest BCUT2D eigenvalue weighted by atomic mass is 9.91. The molecule has 10 atom stereocenters. The number of aliphatic hydroxyl groups excluding tert-OH is 6. The van der Waals surface area contributed by atoms with Crippen LogP contribution in [0.5, 0.6) is 74.7 Å². The fraction of sp³-hybridized carbons (Fsp3) is 0.300. The van der Waals surface area contributed by atoms with Crippen molar-refractivity contribution >= 4 is 23.9 Å². The zero-order valence-corrected chi connectivity index (χ0v) is 33.7. The molecule has 0 spiro atoms. The van der Waals surface area contributed by atoms with Gasteiger partial charge in [0.05, 0.1) is 16.7 Å². The van der Waals surface area contributed by atoms with E-state index in [0.717, 1.165) is 0 Å². The Morgan fingerprint density at radius 3 is 1.79 bits per heavy atom. The number of phenols is 11. The average molecular weight is 965 g/mol. The fourth-order valence-electron chi connectivity index (χ4n) is 7.08. The molecule has 0 aromatic heterocycles. The Morgan fingerprint density at radius 2 is 1.15 bits per heavy atom. The Morgan fingerprint density at radius 1 is 0.574 bits per heavy atom. The second-order valence-electron chi connectivity index (χ2n) is 15.0. The molecule has 7 rings (SSSR count). The van der Waals surface area contributed by atoms with Crippen LogP contribution in [-0.2, 0) is 28.4 Å². The lowest BCUT2D eigenvalue weighted by Crippen LogP contribution is -2.61. The molecule has 2 saturated heterocycles. The average Bonchev–Trinajstić information content (AvgIpc) is 3.30. The minimum atomic E-state index is -2.43. The minimum Gasteiger partial charge on any atom is -0.504 e. The highest BCUT2D eigenvalue weighted by molar-refractivity contribution is 6.08. The predicted octanol–water partition coefficient (Wildman–Crippen LogP) is -2.14. The Balaban J connectivity index is 1.32. The molecule has 0 aliphatic carbocycles. The van der Waals surface area contributed by atoms with Gasteiger partial charge < -0.3 is 120 Å². The zero-order valence-electron chi connectivity index (χ0n) is 33.7. The van der Waals surface area contributed by atoms with Gasteiger partial charge in [0.1, 0.15) is 55.4 Å². The van der Waals surface area contributed by atoms with Crippen LogP contribution < -0.4 is 4.74 Å². The van der Waals surface area contributed by atoms with Crippen LogP contribution in [0.25, 0.3) is 11.1 Å². The summed E-state index contributed by atoms with van der Waals surface area (Å²) in [6, 6.07) is 2.48. The van der Waals surface area contributed by atoms with Gasteiger partial charge in [-0.2, -0.15) is 0 Å². The van der Waals surface area contributed by atoms with Crippen LogP contribution in [0.15, 0.2) is 30.3 Å². The van der Waals surface area contributed by atoms with E-state index >= 15 is 0 Å². The van der Waals surface area contributed by atoms with E-state index in [-0.39, 0.29) is 0 Å². The molecule has 2 bridgehead atoms. The van der Waals surface area contributed by atoms with Gasteiger partial charge >= 0.3 is 23.9 Å². The van der Waals surface area contributed by atoms with Gasteiger partial charge in [0.25, 0.3) is 0 Å². The summed E-state index contributed by atoms with van der Waals surface area (Å²) in [5, 5.41) is 178. The maximum atomic E-state index is 14.4. The number of cyclic esters (lactones) is 1. The van der Waals surface area contributed by atoms with E-state index in [9.17, 15) is 106 Å². The summed E-state index contributed by atoms with van der Waals surface area (Å²) in [6.07, 6.45) is -21.0. The van der Waals surface area contributed by atoms with Crippen molar-refractivity contribution in [2.75, 3.05) is 13.2 Å². The summed E-state index contributed by atoms with van der Waals surface area (Å²) < 4.78 is 36.6. The van der Waals surface area contributed by atoms with Gasteiger partial charge in [-0.15, -0.1) is 0 Å². The van der Waals surface area contributed by atoms with E-state index in [4.69, 9.17) is 33.2 Å². The lowest BCUT2D eigenvalue weighted by molar-refractivity contribution is -0.286. The number of phenolic OH excluding ortho intramolecular Hbond substituents is 11. The third kappa shape index (κ3) is 8.39. The van der Waals surface area contributed by atoms with Crippen LogP contribution in [0.1, 0.15) is 41.4 Å². The molecule has 364 valence electrons. The number of esters is 4. The number of hydrogen-bond donors (Lipinski definition) is 17. The van der Waals surface area contributed by atoms with Crippen molar-refractivity contribution in [2.45, 2.75) is 61.4 Å². The Labute approximate surface area is 375 Å². The summed E-state index contributed by atoms with van der Waals surface area (Å²) in [7, 11) is 0. The maximum absolute atomic E-state index is 14.4. The molecule has 3 heterocycles. The molecule has 17 N–H and O–H groups in total. The van der Waals surface area contributed by atoms with Gasteiger partial charge in [0.15, 0.2) is 70.2 Å². The fourth-order valence-corrected chi connectivity index (χ4v) is 7.08. The molecule has 0 saturated carbocycles. The SMILES string of the molecule is O=C(OC1OC2COC(=O)c3cc(O)c(O)c(O)c3-c3c(cc(Oc4c(C(=O)OCC5OC(O)C(O)C(O)C5O)cc(O)c(O)c4O)c(O)c3O)C(=O)OC(C2O)C1O)c1cc(O)c(O)c(O)c1. The van der Waals surface area contributed by atoms with Crippen LogP contribution in [-0.4, -0.2) is 185 Å². The normalized spacial score (nSPS) is 25.9. The highest BCUT2D eigenvalue weighted by Crippen LogP contribution is 2.55. The minimum absolute atomic E-state index is 0.382. The van der Waals surface area contributed by atoms with E-state index in [2.05, 4.69) is 0 Å². The molecule has 4 aromatic rings. The largest absolute Gasteiger partial charge is 0.504 e. The van der Waals surface area contributed by atoms with Gasteiger partial charge in [-0.25, -0.2) is 19.2 Å². The third-order valence-electron chi connectivity index (χ3n) is 10.7. The molecule has 68 heavy (non-hydrogen) atoms. The number of rotatable bonds is 7. The summed E-state index contributed by atoms with van der Waals surface area (Å²) >= 11 is 0. The topological polar surface area (TPSA) is 477 Å². The summed E-state index contributed by atoms with van der Waals surface area (Å²) in [6.45, 7) is -2.13. The van der Waals surface area contributed by atoms with Crippen LogP contribution in [0, 0.1) is 0 Å². The molecule has 0 radical (unpaired) electrons. The van der Waals surface area contributed by atoms with Crippen molar-refractivity contribution in [3.8, 4) is 85.9 Å². The Bertz CT molecular complexity index is 2690. The van der Waals surface area contributed by atoms with E-state index in [1.165, 1.54) is 0 Å². The molecule has 3 aliphatic heterocycles. The second kappa shape index (κ2) is 18.0. The second-order valence-corrected chi connectivity index (χ2v) is 15.0. The van der Waals surface area contributed by atoms with Gasteiger partial charge in [-0.1, -0.05) is 0 Å². The standard InChI is InChI=1S/C40H36O28/c41-12-1-8(2-13(42)21(12)45)35(57)68-40-32(56)34-26(50)18(66-40)7-62-36(58)9-3-14(43)22(46)27(51)19(9)20-10(38(60)67-34)5-16(24(48)28(20)52)64-33-11(4-15(44)23(47)30(33)54)37(59)63-6-17-25(49)29(53)31(55)39(61)65-17/h1-5,17-18,25-26,29,31-32,34,39-56,61H,6-7H2. The van der Waals surface area contributed by atoms with Crippen molar-refractivity contribution in [2.24, 2.45) is 0 Å². The smallest absolute Gasteiger partial charge is 0.342 e. The first-order valence-electron chi connectivity index (χ1n) is 19.2. The number of aliphatic hydroxyl groups is 6. The summed E-state index contributed by atoms with van der Waals surface area (Å²) in [5.41, 5.74) is -6.22. The van der Waals surface area contributed by atoms with Crippen molar-refractivity contribution in [1.29, 1.82) is 0 Å². The molecule has 28 heteroatoms. The van der Waals surface area contributed by atoms with Crippen molar-refractivity contribution in [3.05, 3.63) is 52.6 Å². The zero-order chi connectivity index (χ0) is 50.0. The number of aromatic hydroxyl groups is 11. The Hall–Kier alpha value is -7.96. The van der Waals surface area contributed by atoms with Gasteiger partial charge in [0.2, 0.25) is 29.3 Å². The van der Waals surface area contributed by atoms with Gasteiger partial charge in [-0.05, 0) is 18.2 Å². The van der Waals surface area contributed by atoms with Crippen LogP contribution in [0.4, 0.5) is 0 Å². The van der Waals surface area contributed by atoms with Crippen LogP contribution >= 0.6 is 0 Å². The molecule has 3 aliphatic rings. The van der Waals surface area contributed by atoms with E-state index in [1.54, 1.807) is 0 Å². The molecule has 10 unspecified atom stereocenters. The third-order valence-corrected chi connectivity index (χ3v) is 10.7. The number of hydrogen-bond acceptors (Lipinski definition) is 28. The first-order valence-corrected chi connectivity index (χ1v) is 19.2. The molecular formula is C40H36O28. The highest BCUT2D eigenvalue weighted by atomic mass is 16.7. The van der Waals surface area contributed by atoms with Crippen molar-refractivity contribution in [3.63, 3.8) is 0 Å². The lowest BCUT2D eigenvalue weighted by Gasteiger charge is -2.41. The molecule has 4 aromatic carbocycles.